The van der Waals surface area contributed by atoms with Gasteiger partial charge in [0.25, 0.3) is 5.91 Å². The molecular weight excluding hydrogens is 258 g/mol. The molecule has 2 N–H and O–H groups in total. The molecule has 0 fully saturated rings. The number of nitrogen functional groups attached to an aromatic ring is 1. The summed E-state index contributed by atoms with van der Waals surface area (Å²) < 4.78 is 0.959. The second-order valence-electron chi connectivity index (χ2n) is 5.14. The maximum atomic E-state index is 12.3. The number of fused-ring (bicyclic) bond motifs is 1. The number of rotatable bonds is 4. The van der Waals surface area contributed by atoms with Crippen LogP contribution in [0.3, 0.4) is 0 Å². The van der Waals surface area contributed by atoms with Gasteiger partial charge in [0.05, 0.1) is 10.2 Å². The van der Waals surface area contributed by atoms with E-state index in [1.165, 1.54) is 11.3 Å². The predicted octanol–water partition coefficient (Wildman–Crippen LogP) is 3.00. The van der Waals surface area contributed by atoms with Crippen molar-refractivity contribution in [3.8, 4) is 0 Å². The van der Waals surface area contributed by atoms with Crippen molar-refractivity contribution in [1.82, 2.24) is 9.88 Å². The van der Waals surface area contributed by atoms with Gasteiger partial charge in [-0.15, -0.1) is 0 Å². The van der Waals surface area contributed by atoms with Gasteiger partial charge in [0.2, 0.25) is 0 Å². The van der Waals surface area contributed by atoms with Crippen LogP contribution in [0, 0.1) is 5.92 Å². The molecule has 1 amide bonds. The van der Waals surface area contributed by atoms with Crippen LogP contribution in [0.15, 0.2) is 18.2 Å². The molecule has 0 saturated carbocycles. The van der Waals surface area contributed by atoms with E-state index in [2.05, 4.69) is 18.8 Å². The minimum atomic E-state index is 0.0505. The second kappa shape index (κ2) is 5.57. The molecule has 102 valence electrons. The molecule has 1 aromatic carbocycles. The zero-order chi connectivity index (χ0) is 14.0. The molecule has 1 heterocycles. The number of nitrogens with zero attached hydrogens (tertiary/aromatic N) is 2. The first-order chi connectivity index (χ1) is 8.97. The lowest BCUT2D eigenvalue weighted by Gasteiger charge is -2.18. The lowest BCUT2D eigenvalue weighted by atomic mass is 10.1. The summed E-state index contributed by atoms with van der Waals surface area (Å²) >= 11 is 1.41. The Hall–Kier alpha value is -1.62. The summed E-state index contributed by atoms with van der Waals surface area (Å²) in [7, 11) is 1.84. The van der Waals surface area contributed by atoms with Gasteiger partial charge in [0.15, 0.2) is 5.13 Å². The zero-order valence-electron chi connectivity index (χ0n) is 11.5. The van der Waals surface area contributed by atoms with Crippen molar-refractivity contribution in [2.75, 3.05) is 19.3 Å². The highest BCUT2D eigenvalue weighted by Gasteiger charge is 2.13. The summed E-state index contributed by atoms with van der Waals surface area (Å²) in [5, 5.41) is 0.535. The Kier molecular flexibility index (Phi) is 4.04. The molecule has 0 saturated heterocycles. The standard InChI is InChI=1S/C14H19N3OS/c1-9(2)6-7-17(3)13(18)10-4-5-11-12(8-10)19-14(15)16-11/h4-5,8-9H,6-7H2,1-3H3,(H2,15,16). The molecule has 19 heavy (non-hydrogen) atoms. The van der Waals surface area contributed by atoms with E-state index in [-0.39, 0.29) is 5.91 Å². The van der Waals surface area contributed by atoms with Gasteiger partial charge in [-0.1, -0.05) is 25.2 Å². The number of carbonyl (C=O) groups excluding carboxylic acids is 1. The van der Waals surface area contributed by atoms with Gasteiger partial charge in [0, 0.05) is 19.2 Å². The van der Waals surface area contributed by atoms with Crippen LogP contribution in [-0.2, 0) is 0 Å². The summed E-state index contributed by atoms with van der Waals surface area (Å²) in [6, 6.07) is 5.54. The Labute approximate surface area is 117 Å². The third-order valence-corrected chi connectivity index (χ3v) is 3.89. The minimum Gasteiger partial charge on any atom is -0.375 e. The maximum absolute atomic E-state index is 12.3. The number of nitrogens with two attached hydrogens (primary N) is 1. The molecule has 2 aromatic rings. The molecule has 0 spiro atoms. The highest BCUT2D eigenvalue weighted by atomic mass is 32.1. The number of hydrogen-bond acceptors (Lipinski definition) is 4. The second-order valence-corrected chi connectivity index (χ2v) is 6.21. The molecule has 0 bridgehead atoms. The third kappa shape index (κ3) is 3.23. The number of benzene rings is 1. The first-order valence-electron chi connectivity index (χ1n) is 6.39. The van der Waals surface area contributed by atoms with Crippen LogP contribution in [0.4, 0.5) is 5.13 Å². The van der Waals surface area contributed by atoms with E-state index in [4.69, 9.17) is 5.73 Å². The van der Waals surface area contributed by atoms with E-state index in [0.717, 1.165) is 23.2 Å². The Balaban J connectivity index is 2.16. The lowest BCUT2D eigenvalue weighted by Crippen LogP contribution is -2.28. The van der Waals surface area contributed by atoms with Crippen molar-refractivity contribution in [2.45, 2.75) is 20.3 Å². The summed E-state index contributed by atoms with van der Waals surface area (Å²) in [5.41, 5.74) is 7.22. The lowest BCUT2D eigenvalue weighted by molar-refractivity contribution is 0.0789. The Morgan fingerprint density at radius 2 is 2.21 bits per heavy atom. The van der Waals surface area contributed by atoms with Crippen LogP contribution >= 0.6 is 11.3 Å². The number of hydrogen-bond donors (Lipinski definition) is 1. The van der Waals surface area contributed by atoms with Crippen LogP contribution < -0.4 is 5.73 Å². The fraction of sp³-hybridized carbons (Fsp3) is 0.429. The van der Waals surface area contributed by atoms with Gasteiger partial charge < -0.3 is 10.6 Å². The maximum Gasteiger partial charge on any atom is 0.253 e. The van der Waals surface area contributed by atoms with Gasteiger partial charge >= 0.3 is 0 Å². The highest BCUT2D eigenvalue weighted by Crippen LogP contribution is 2.25. The van der Waals surface area contributed by atoms with Crippen LogP contribution in [-0.4, -0.2) is 29.4 Å². The smallest absolute Gasteiger partial charge is 0.253 e. The van der Waals surface area contributed by atoms with Crippen molar-refractivity contribution >= 4 is 32.6 Å². The van der Waals surface area contributed by atoms with Gasteiger partial charge in [-0.25, -0.2) is 4.98 Å². The van der Waals surface area contributed by atoms with Gasteiger partial charge in [0.1, 0.15) is 0 Å². The van der Waals surface area contributed by atoms with Crippen molar-refractivity contribution in [2.24, 2.45) is 5.92 Å². The third-order valence-electron chi connectivity index (χ3n) is 3.04. The van der Waals surface area contributed by atoms with E-state index < -0.39 is 0 Å². The van der Waals surface area contributed by atoms with Crippen molar-refractivity contribution in [3.63, 3.8) is 0 Å². The van der Waals surface area contributed by atoms with Crippen molar-refractivity contribution in [1.29, 1.82) is 0 Å². The zero-order valence-corrected chi connectivity index (χ0v) is 12.3. The highest BCUT2D eigenvalue weighted by molar-refractivity contribution is 7.22. The molecule has 5 heteroatoms. The Bertz CT molecular complexity index is 591. The molecule has 0 aliphatic carbocycles. The fourth-order valence-corrected chi connectivity index (χ4v) is 2.62. The summed E-state index contributed by atoms with van der Waals surface area (Å²) in [6.07, 6.45) is 1.01. The average molecular weight is 277 g/mol. The van der Waals surface area contributed by atoms with Gasteiger partial charge in [-0.3, -0.25) is 4.79 Å². The topological polar surface area (TPSA) is 59.2 Å². The average Bonchev–Trinajstić information content (AvgIpc) is 2.73. The van der Waals surface area contributed by atoms with E-state index in [0.29, 0.717) is 16.6 Å². The van der Waals surface area contributed by atoms with Crippen LogP contribution in [0.25, 0.3) is 10.2 Å². The summed E-state index contributed by atoms with van der Waals surface area (Å²) in [6.45, 7) is 5.09. The number of thiazole rings is 1. The molecular formula is C14H19N3OS. The van der Waals surface area contributed by atoms with Crippen LogP contribution in [0.1, 0.15) is 30.6 Å². The summed E-state index contributed by atoms with van der Waals surface area (Å²) in [5.74, 6) is 0.647. The van der Waals surface area contributed by atoms with Crippen molar-refractivity contribution in [3.05, 3.63) is 23.8 Å². The largest absolute Gasteiger partial charge is 0.375 e. The summed E-state index contributed by atoms with van der Waals surface area (Å²) in [4.78, 5) is 18.2. The molecule has 0 aliphatic rings. The molecule has 0 aliphatic heterocycles. The van der Waals surface area contributed by atoms with Crippen LogP contribution in [0.2, 0.25) is 0 Å². The number of aromatic nitrogens is 1. The number of carbonyl (C=O) groups is 1. The predicted molar refractivity (Wildman–Crippen MR) is 80.4 cm³/mol. The van der Waals surface area contributed by atoms with E-state index in [9.17, 15) is 4.79 Å². The Morgan fingerprint density at radius 3 is 2.89 bits per heavy atom. The first-order valence-corrected chi connectivity index (χ1v) is 7.20. The van der Waals surface area contributed by atoms with E-state index in [1.807, 2.05) is 25.2 Å². The molecule has 1 aromatic heterocycles. The molecule has 0 radical (unpaired) electrons. The van der Waals surface area contributed by atoms with Gasteiger partial charge in [-0.2, -0.15) is 0 Å². The monoisotopic (exact) mass is 277 g/mol. The molecule has 0 atom stereocenters. The fourth-order valence-electron chi connectivity index (χ4n) is 1.85. The first kappa shape index (κ1) is 13.8. The number of amides is 1. The quantitative estimate of drug-likeness (QED) is 0.934. The minimum absolute atomic E-state index is 0.0505. The molecule has 4 nitrogen and oxygen atoms in total. The SMILES string of the molecule is CC(C)CCN(C)C(=O)c1ccc2nc(N)sc2c1. The normalized spacial score (nSPS) is 11.2. The van der Waals surface area contributed by atoms with E-state index in [1.54, 1.807) is 4.90 Å². The van der Waals surface area contributed by atoms with Gasteiger partial charge in [-0.05, 0) is 30.5 Å². The Morgan fingerprint density at radius 1 is 1.47 bits per heavy atom. The van der Waals surface area contributed by atoms with E-state index >= 15 is 0 Å². The number of anilines is 1. The molecule has 2 rings (SSSR count). The molecule has 0 unspecified atom stereocenters. The van der Waals surface area contributed by atoms with Crippen LogP contribution in [0.5, 0.6) is 0 Å². The van der Waals surface area contributed by atoms with Crippen molar-refractivity contribution < 1.29 is 4.79 Å².